The molecule has 0 fully saturated rings. The van der Waals surface area contributed by atoms with E-state index in [0.717, 1.165) is 12.3 Å². The van der Waals surface area contributed by atoms with Gasteiger partial charge in [0.25, 0.3) is 0 Å². The molecule has 0 saturated heterocycles. The van der Waals surface area contributed by atoms with Crippen molar-refractivity contribution in [2.75, 3.05) is 13.4 Å². The normalized spacial score (nSPS) is 12.3. The summed E-state index contributed by atoms with van der Waals surface area (Å²) in [6.45, 7) is 1.43. The van der Waals surface area contributed by atoms with Crippen LogP contribution >= 0.6 is 11.6 Å². The topological polar surface area (TPSA) is 86.7 Å². The number of ketones is 1. The van der Waals surface area contributed by atoms with Gasteiger partial charge in [-0.25, -0.2) is 13.2 Å². The Labute approximate surface area is 156 Å². The standard InChI is InChI=1S/C18H17ClO6S/c1-11(17(20)12-4-6-13(24-2)7-5-12)25-18(21)15-10-14(26(3,22)23)8-9-16(15)19/h4-11H,1-3H3/t11-/m0/s1. The Balaban J connectivity index is 2.19. The van der Waals surface area contributed by atoms with Crippen molar-refractivity contribution in [3.8, 4) is 5.75 Å². The molecular weight excluding hydrogens is 380 g/mol. The lowest BCUT2D eigenvalue weighted by Gasteiger charge is -2.14. The third-order valence-corrected chi connectivity index (χ3v) is 5.05. The second kappa shape index (κ2) is 7.88. The summed E-state index contributed by atoms with van der Waals surface area (Å²) in [5, 5.41) is 0.0338. The molecule has 2 aromatic carbocycles. The summed E-state index contributed by atoms with van der Waals surface area (Å²) in [5.74, 6) is -0.693. The van der Waals surface area contributed by atoms with E-state index >= 15 is 0 Å². The molecule has 2 rings (SSSR count). The van der Waals surface area contributed by atoms with E-state index in [1.54, 1.807) is 24.3 Å². The van der Waals surface area contributed by atoms with Crippen LogP contribution in [0.3, 0.4) is 0 Å². The van der Waals surface area contributed by atoms with Crippen molar-refractivity contribution >= 4 is 33.2 Å². The van der Waals surface area contributed by atoms with Gasteiger partial charge in [-0.2, -0.15) is 0 Å². The highest BCUT2D eigenvalue weighted by molar-refractivity contribution is 7.90. The van der Waals surface area contributed by atoms with Crippen LogP contribution in [-0.2, 0) is 14.6 Å². The van der Waals surface area contributed by atoms with E-state index < -0.39 is 27.7 Å². The van der Waals surface area contributed by atoms with Gasteiger partial charge in [-0.05, 0) is 49.4 Å². The van der Waals surface area contributed by atoms with Crippen LogP contribution in [0.5, 0.6) is 5.75 Å². The number of hydrogen-bond acceptors (Lipinski definition) is 6. The first-order chi connectivity index (χ1) is 12.1. The smallest absolute Gasteiger partial charge is 0.340 e. The Morgan fingerprint density at radius 2 is 1.69 bits per heavy atom. The number of ether oxygens (including phenoxy) is 2. The molecule has 0 N–H and O–H groups in total. The van der Waals surface area contributed by atoms with Crippen molar-refractivity contribution in [3.63, 3.8) is 0 Å². The average molecular weight is 397 g/mol. The molecule has 138 valence electrons. The third-order valence-electron chi connectivity index (χ3n) is 3.61. The summed E-state index contributed by atoms with van der Waals surface area (Å²) in [6, 6.07) is 10.1. The molecular formula is C18H17ClO6S. The number of sulfone groups is 1. The molecule has 6 nitrogen and oxygen atoms in total. The zero-order chi connectivity index (χ0) is 19.5. The summed E-state index contributed by atoms with van der Waals surface area (Å²) >= 11 is 5.96. The molecule has 2 aromatic rings. The summed E-state index contributed by atoms with van der Waals surface area (Å²) in [4.78, 5) is 24.6. The van der Waals surface area contributed by atoms with Gasteiger partial charge in [-0.15, -0.1) is 0 Å². The fourth-order valence-corrected chi connectivity index (χ4v) is 3.00. The number of rotatable bonds is 6. The number of carbonyl (C=O) groups is 2. The Morgan fingerprint density at radius 1 is 1.08 bits per heavy atom. The number of methoxy groups -OCH3 is 1. The molecule has 8 heteroatoms. The summed E-state index contributed by atoms with van der Waals surface area (Å²) in [5.41, 5.74) is 0.228. The van der Waals surface area contributed by atoms with Crippen molar-refractivity contribution in [1.82, 2.24) is 0 Å². The Morgan fingerprint density at radius 3 is 2.23 bits per heavy atom. The van der Waals surface area contributed by atoms with Crippen LogP contribution in [0.2, 0.25) is 5.02 Å². The van der Waals surface area contributed by atoms with Crippen molar-refractivity contribution in [3.05, 3.63) is 58.6 Å². The minimum atomic E-state index is -3.52. The van der Waals surface area contributed by atoms with Crippen molar-refractivity contribution in [2.24, 2.45) is 0 Å². The van der Waals surface area contributed by atoms with Crippen LogP contribution in [0.15, 0.2) is 47.4 Å². The second-order valence-corrected chi connectivity index (χ2v) is 7.98. The first-order valence-electron chi connectivity index (χ1n) is 7.52. The van der Waals surface area contributed by atoms with Crippen LogP contribution in [0.1, 0.15) is 27.6 Å². The number of benzene rings is 2. The van der Waals surface area contributed by atoms with Crippen LogP contribution in [0, 0.1) is 0 Å². The number of carbonyl (C=O) groups excluding carboxylic acids is 2. The maximum Gasteiger partial charge on any atom is 0.340 e. The molecule has 0 aliphatic rings. The van der Waals surface area contributed by atoms with Gasteiger partial charge in [0.2, 0.25) is 5.78 Å². The molecule has 0 radical (unpaired) electrons. The van der Waals surface area contributed by atoms with Gasteiger partial charge >= 0.3 is 5.97 Å². The van der Waals surface area contributed by atoms with Gasteiger partial charge < -0.3 is 9.47 Å². The van der Waals surface area contributed by atoms with E-state index in [4.69, 9.17) is 21.1 Å². The molecule has 0 spiro atoms. The van der Waals surface area contributed by atoms with Crippen molar-refractivity contribution < 1.29 is 27.5 Å². The van der Waals surface area contributed by atoms with Gasteiger partial charge in [-0.1, -0.05) is 11.6 Å². The van der Waals surface area contributed by atoms with E-state index in [2.05, 4.69) is 0 Å². The van der Waals surface area contributed by atoms with E-state index in [-0.39, 0.29) is 15.5 Å². The monoisotopic (exact) mass is 396 g/mol. The SMILES string of the molecule is COc1ccc(C(=O)[C@H](C)OC(=O)c2cc(S(C)(=O)=O)ccc2Cl)cc1. The summed E-state index contributed by atoms with van der Waals surface area (Å²) in [7, 11) is -2.01. The fraction of sp³-hybridized carbons (Fsp3) is 0.222. The lowest BCUT2D eigenvalue weighted by atomic mass is 10.1. The summed E-state index contributed by atoms with van der Waals surface area (Å²) in [6.07, 6.45) is -0.0601. The lowest BCUT2D eigenvalue weighted by molar-refractivity contribution is 0.0318. The minimum Gasteiger partial charge on any atom is -0.497 e. The number of halogens is 1. The first-order valence-corrected chi connectivity index (χ1v) is 9.79. The number of esters is 1. The quantitative estimate of drug-likeness (QED) is 0.550. The van der Waals surface area contributed by atoms with E-state index in [0.29, 0.717) is 11.3 Å². The maximum atomic E-state index is 12.4. The zero-order valence-electron chi connectivity index (χ0n) is 14.4. The molecule has 0 amide bonds. The molecule has 0 saturated carbocycles. The number of Topliss-reactive ketones (excluding diaryl/α,β-unsaturated/α-hetero) is 1. The molecule has 26 heavy (non-hydrogen) atoms. The predicted molar refractivity (Wildman–Crippen MR) is 96.8 cm³/mol. The van der Waals surface area contributed by atoms with Crippen LogP contribution in [-0.4, -0.2) is 39.6 Å². The number of hydrogen-bond donors (Lipinski definition) is 0. The first kappa shape index (κ1) is 19.9. The van der Waals surface area contributed by atoms with Gasteiger partial charge in [0.1, 0.15) is 5.75 Å². The van der Waals surface area contributed by atoms with E-state index in [1.807, 2.05) is 0 Å². The van der Waals surface area contributed by atoms with E-state index in [1.165, 1.54) is 26.2 Å². The fourth-order valence-electron chi connectivity index (χ4n) is 2.16. The summed E-state index contributed by atoms with van der Waals surface area (Å²) < 4.78 is 33.4. The van der Waals surface area contributed by atoms with Crippen LogP contribution in [0.4, 0.5) is 0 Å². The second-order valence-electron chi connectivity index (χ2n) is 5.55. The Hall–Kier alpha value is -2.38. The zero-order valence-corrected chi connectivity index (χ0v) is 15.9. The molecule has 0 heterocycles. The van der Waals surface area contributed by atoms with Crippen LogP contribution < -0.4 is 4.74 Å². The average Bonchev–Trinajstić information content (AvgIpc) is 2.60. The molecule has 0 bridgehead atoms. The van der Waals surface area contributed by atoms with Crippen LogP contribution in [0.25, 0.3) is 0 Å². The molecule has 0 aliphatic heterocycles. The molecule has 0 aromatic heterocycles. The lowest BCUT2D eigenvalue weighted by Crippen LogP contribution is -2.24. The van der Waals surface area contributed by atoms with Gasteiger partial charge in [-0.3, -0.25) is 4.79 Å². The highest BCUT2D eigenvalue weighted by Gasteiger charge is 2.23. The molecule has 0 unspecified atom stereocenters. The van der Waals surface area contributed by atoms with Gasteiger partial charge in [0, 0.05) is 11.8 Å². The van der Waals surface area contributed by atoms with Crippen molar-refractivity contribution in [1.29, 1.82) is 0 Å². The van der Waals surface area contributed by atoms with E-state index in [9.17, 15) is 18.0 Å². The van der Waals surface area contributed by atoms with Gasteiger partial charge in [0.05, 0.1) is 22.6 Å². The maximum absolute atomic E-state index is 12.4. The Kier molecular flexibility index (Phi) is 6.05. The largest absolute Gasteiger partial charge is 0.497 e. The van der Waals surface area contributed by atoms with Gasteiger partial charge in [0.15, 0.2) is 15.9 Å². The molecule has 1 atom stereocenters. The predicted octanol–water partition coefficient (Wildman–Crippen LogP) is 3.18. The third kappa shape index (κ3) is 4.62. The Bertz CT molecular complexity index is 935. The highest BCUT2D eigenvalue weighted by atomic mass is 35.5. The minimum absolute atomic E-state index is 0.0338. The molecule has 0 aliphatic carbocycles. The highest BCUT2D eigenvalue weighted by Crippen LogP contribution is 2.22. The van der Waals surface area contributed by atoms with Crippen molar-refractivity contribution in [2.45, 2.75) is 17.9 Å².